The number of nitro groups is 1. The number of nitrogens with one attached hydrogen (secondary N) is 1. The van der Waals surface area contributed by atoms with Crippen LogP contribution in [0.4, 0.5) is 5.69 Å². The van der Waals surface area contributed by atoms with Crippen molar-refractivity contribution in [1.29, 1.82) is 0 Å². The Bertz CT molecular complexity index is 546. The van der Waals surface area contributed by atoms with Crippen LogP contribution in [0.5, 0.6) is 0 Å². The van der Waals surface area contributed by atoms with Crippen molar-refractivity contribution < 1.29 is 14.5 Å². The Morgan fingerprint density at radius 2 is 2.05 bits per heavy atom. The maximum atomic E-state index is 11.8. The van der Waals surface area contributed by atoms with Crippen LogP contribution in [0.1, 0.15) is 16.8 Å². The monoisotopic (exact) mass is 299 g/mol. The van der Waals surface area contributed by atoms with Crippen LogP contribution in [0.25, 0.3) is 0 Å². The van der Waals surface area contributed by atoms with Gasteiger partial charge in [-0.25, -0.2) is 0 Å². The minimum Gasteiger partial charge on any atom is -0.351 e. The largest absolute Gasteiger partial charge is 0.351 e. The lowest BCUT2D eigenvalue weighted by Gasteiger charge is -2.11. The lowest BCUT2D eigenvalue weighted by atomic mass is 10.2. The second-order valence-electron chi connectivity index (χ2n) is 4.19. The van der Waals surface area contributed by atoms with Crippen molar-refractivity contribution in [1.82, 2.24) is 10.2 Å². The Hall–Kier alpha value is -2.15. The zero-order valence-corrected chi connectivity index (χ0v) is 11.8. The molecule has 7 nitrogen and oxygen atoms in total. The molecule has 0 aliphatic carbocycles. The maximum absolute atomic E-state index is 11.8. The number of nitro benzene ring substituents is 1. The standard InChI is InChI=1S/C12H14ClN3O4/c1-15(2)10(17)6-7-14-12(18)8-4-3-5-9(11(8)13)16(19)20/h3-5H,6-7H2,1-2H3,(H,14,18). The molecule has 8 heteroatoms. The van der Waals surface area contributed by atoms with Crippen molar-refractivity contribution in [2.24, 2.45) is 0 Å². The van der Waals surface area contributed by atoms with Gasteiger partial charge in [0.25, 0.3) is 11.6 Å². The molecular weight excluding hydrogens is 286 g/mol. The van der Waals surface area contributed by atoms with Crippen molar-refractivity contribution >= 4 is 29.1 Å². The highest BCUT2D eigenvalue weighted by Crippen LogP contribution is 2.27. The average Bonchev–Trinajstić information content (AvgIpc) is 2.38. The third-order valence-electron chi connectivity index (χ3n) is 2.54. The van der Waals surface area contributed by atoms with Crippen molar-refractivity contribution in [2.75, 3.05) is 20.6 Å². The van der Waals surface area contributed by atoms with Gasteiger partial charge in [-0.05, 0) is 6.07 Å². The van der Waals surface area contributed by atoms with Crippen LogP contribution in [-0.4, -0.2) is 42.3 Å². The van der Waals surface area contributed by atoms with Gasteiger partial charge >= 0.3 is 0 Å². The molecule has 0 atom stereocenters. The molecule has 1 aromatic carbocycles. The molecule has 108 valence electrons. The number of hydrogen-bond donors (Lipinski definition) is 1. The minimum atomic E-state index is -0.658. The van der Waals surface area contributed by atoms with Crippen molar-refractivity contribution in [3.8, 4) is 0 Å². The fraction of sp³-hybridized carbons (Fsp3) is 0.333. The zero-order valence-electron chi connectivity index (χ0n) is 11.1. The van der Waals surface area contributed by atoms with Gasteiger partial charge in [0.15, 0.2) is 0 Å². The van der Waals surface area contributed by atoms with E-state index in [4.69, 9.17) is 11.6 Å². The molecule has 0 radical (unpaired) electrons. The Morgan fingerprint density at radius 1 is 1.40 bits per heavy atom. The van der Waals surface area contributed by atoms with Crippen LogP contribution >= 0.6 is 11.6 Å². The molecule has 0 aliphatic heterocycles. The summed E-state index contributed by atoms with van der Waals surface area (Å²) in [5, 5.41) is 13.0. The lowest BCUT2D eigenvalue weighted by molar-refractivity contribution is -0.384. The number of amides is 2. The van der Waals surface area contributed by atoms with Crippen LogP contribution in [0.15, 0.2) is 18.2 Å². The third kappa shape index (κ3) is 3.92. The highest BCUT2D eigenvalue weighted by Gasteiger charge is 2.19. The van der Waals surface area contributed by atoms with Crippen LogP contribution in [0.2, 0.25) is 5.02 Å². The summed E-state index contributed by atoms with van der Waals surface area (Å²) in [7, 11) is 3.23. The average molecular weight is 300 g/mol. The van der Waals surface area contributed by atoms with E-state index in [0.29, 0.717) is 0 Å². The molecule has 0 unspecified atom stereocenters. The Morgan fingerprint density at radius 3 is 2.60 bits per heavy atom. The molecule has 2 amide bonds. The second-order valence-corrected chi connectivity index (χ2v) is 4.57. The van der Waals surface area contributed by atoms with Gasteiger partial charge in [-0.15, -0.1) is 0 Å². The van der Waals surface area contributed by atoms with Crippen LogP contribution in [0.3, 0.4) is 0 Å². The molecule has 1 aromatic rings. The summed E-state index contributed by atoms with van der Waals surface area (Å²) in [6, 6.07) is 3.98. The van der Waals surface area contributed by atoms with E-state index in [1.807, 2.05) is 0 Å². The smallest absolute Gasteiger partial charge is 0.288 e. The first kappa shape index (κ1) is 15.9. The number of rotatable bonds is 5. The second kappa shape index (κ2) is 6.85. The lowest BCUT2D eigenvalue weighted by Crippen LogP contribution is -2.30. The highest BCUT2D eigenvalue weighted by molar-refractivity contribution is 6.35. The Labute approximate surface area is 120 Å². The molecule has 0 bridgehead atoms. The molecule has 20 heavy (non-hydrogen) atoms. The minimum absolute atomic E-state index is 0.0122. The first-order valence-electron chi connectivity index (χ1n) is 5.76. The summed E-state index contributed by atoms with van der Waals surface area (Å²) in [6.07, 6.45) is 0.144. The summed E-state index contributed by atoms with van der Waals surface area (Å²) in [4.78, 5) is 34.6. The summed E-state index contributed by atoms with van der Waals surface area (Å²) in [6.45, 7) is 0.134. The van der Waals surface area contributed by atoms with Gasteiger partial charge in [-0.2, -0.15) is 0 Å². The first-order chi connectivity index (χ1) is 9.34. The molecule has 0 heterocycles. The number of halogens is 1. The van der Waals surface area contributed by atoms with Crippen molar-refractivity contribution in [3.63, 3.8) is 0 Å². The Kier molecular flexibility index (Phi) is 5.45. The van der Waals surface area contributed by atoms with Gasteiger partial charge < -0.3 is 10.2 Å². The van der Waals surface area contributed by atoms with Gasteiger partial charge in [-0.3, -0.25) is 19.7 Å². The fourth-order valence-electron chi connectivity index (χ4n) is 1.44. The predicted molar refractivity (Wildman–Crippen MR) is 73.8 cm³/mol. The fourth-order valence-corrected chi connectivity index (χ4v) is 1.72. The van der Waals surface area contributed by atoms with Gasteiger partial charge in [0.05, 0.1) is 10.5 Å². The normalized spacial score (nSPS) is 9.95. The molecular formula is C12H14ClN3O4. The van der Waals surface area contributed by atoms with Crippen molar-refractivity contribution in [2.45, 2.75) is 6.42 Å². The SMILES string of the molecule is CN(C)C(=O)CCNC(=O)c1cccc([N+](=O)[O-])c1Cl. The van der Waals surface area contributed by atoms with Crippen LogP contribution in [0, 0.1) is 10.1 Å². The van der Waals surface area contributed by atoms with Crippen LogP contribution in [-0.2, 0) is 4.79 Å². The molecule has 0 saturated carbocycles. The van der Waals surface area contributed by atoms with Crippen LogP contribution < -0.4 is 5.32 Å². The predicted octanol–water partition coefficient (Wildman–Crippen LogP) is 1.46. The van der Waals surface area contributed by atoms with E-state index in [9.17, 15) is 19.7 Å². The van der Waals surface area contributed by atoms with E-state index in [-0.39, 0.29) is 35.1 Å². The zero-order chi connectivity index (χ0) is 15.3. The van der Waals surface area contributed by atoms with E-state index >= 15 is 0 Å². The number of nitrogens with zero attached hydrogens (tertiary/aromatic N) is 2. The number of carbonyl (C=O) groups is 2. The first-order valence-corrected chi connectivity index (χ1v) is 6.13. The van der Waals surface area contributed by atoms with Gasteiger partial charge in [0.1, 0.15) is 5.02 Å². The highest BCUT2D eigenvalue weighted by atomic mass is 35.5. The molecule has 1 N–H and O–H groups in total. The molecule has 0 fully saturated rings. The quantitative estimate of drug-likeness (QED) is 0.658. The maximum Gasteiger partial charge on any atom is 0.288 e. The van der Waals surface area contributed by atoms with Crippen molar-refractivity contribution in [3.05, 3.63) is 38.9 Å². The number of benzene rings is 1. The summed E-state index contributed by atoms with van der Waals surface area (Å²) < 4.78 is 0. The Balaban J connectivity index is 2.72. The summed E-state index contributed by atoms with van der Waals surface area (Å²) in [5.41, 5.74) is -0.318. The number of hydrogen-bond acceptors (Lipinski definition) is 4. The third-order valence-corrected chi connectivity index (χ3v) is 2.94. The molecule has 0 aromatic heterocycles. The summed E-state index contributed by atoms with van der Waals surface area (Å²) in [5.74, 6) is -0.680. The number of carbonyl (C=O) groups excluding carboxylic acids is 2. The molecule has 0 spiro atoms. The molecule has 1 rings (SSSR count). The van der Waals surface area contributed by atoms with Gasteiger partial charge in [0.2, 0.25) is 5.91 Å². The van der Waals surface area contributed by atoms with E-state index in [1.165, 1.54) is 23.1 Å². The van der Waals surface area contributed by atoms with E-state index in [1.54, 1.807) is 14.1 Å². The van der Waals surface area contributed by atoms with Gasteiger partial charge in [-0.1, -0.05) is 17.7 Å². The molecule has 0 aliphatic rings. The van der Waals surface area contributed by atoms with E-state index in [2.05, 4.69) is 5.32 Å². The topological polar surface area (TPSA) is 92.6 Å². The van der Waals surface area contributed by atoms with E-state index in [0.717, 1.165) is 0 Å². The summed E-state index contributed by atoms with van der Waals surface area (Å²) >= 11 is 5.81. The molecule has 0 saturated heterocycles. The van der Waals surface area contributed by atoms with Gasteiger partial charge in [0, 0.05) is 33.1 Å². The van der Waals surface area contributed by atoms with E-state index < -0.39 is 10.8 Å².